The molecule has 188 valence electrons. The Balaban J connectivity index is 2.01. The van der Waals surface area contributed by atoms with Crippen LogP contribution >= 0.6 is 0 Å². The Kier molecular flexibility index (Phi) is 7.32. The minimum absolute atomic E-state index is 0.173. The lowest BCUT2D eigenvalue weighted by molar-refractivity contribution is -0.141. The molecule has 0 heterocycles. The van der Waals surface area contributed by atoms with Crippen molar-refractivity contribution >= 4 is 34.7 Å². The van der Waals surface area contributed by atoms with Crippen LogP contribution in [0.1, 0.15) is 25.0 Å². The fourth-order valence-corrected chi connectivity index (χ4v) is 4.93. The summed E-state index contributed by atoms with van der Waals surface area (Å²) in [6.07, 6.45) is 7.81. The SMILES string of the molecule is CCOC(=O)C1=C(C(=O)OCC)C2=C(c3ccccc3)C=CC=C(c3ccccc3)C2=c2ccccc2=C1. The molecule has 0 saturated heterocycles. The molecule has 5 rings (SSSR count). The molecule has 3 aromatic carbocycles. The highest BCUT2D eigenvalue weighted by atomic mass is 16.5. The Bertz CT molecular complexity index is 1640. The number of hydrogen-bond acceptors (Lipinski definition) is 4. The lowest BCUT2D eigenvalue weighted by Crippen LogP contribution is -2.27. The van der Waals surface area contributed by atoms with Crippen LogP contribution in [0.5, 0.6) is 0 Å². The average Bonchev–Trinajstić information content (AvgIpc) is 3.23. The highest BCUT2D eigenvalue weighted by Crippen LogP contribution is 2.42. The molecule has 4 heteroatoms. The van der Waals surface area contributed by atoms with Crippen molar-refractivity contribution < 1.29 is 19.1 Å². The van der Waals surface area contributed by atoms with Crippen molar-refractivity contribution in [3.05, 3.63) is 141 Å². The van der Waals surface area contributed by atoms with Gasteiger partial charge in [0.25, 0.3) is 0 Å². The minimum atomic E-state index is -0.566. The molecule has 0 radical (unpaired) electrons. The standard InChI is InChI=1S/C34H28O4/c1-3-37-33(35)29-22-25-18-11-12-19-28(25)30-26(23-14-7-5-8-15-23)20-13-21-27(24-16-9-6-10-17-24)31(30)32(29)34(36)38-4-2/h5-22H,3-4H2,1-2H3. The summed E-state index contributed by atoms with van der Waals surface area (Å²) in [5.41, 5.74) is 5.55. The van der Waals surface area contributed by atoms with E-state index in [1.54, 1.807) is 19.9 Å². The van der Waals surface area contributed by atoms with Crippen molar-refractivity contribution in [1.29, 1.82) is 0 Å². The fraction of sp³-hybridized carbons (Fsp3) is 0.118. The Morgan fingerprint density at radius 3 is 1.97 bits per heavy atom. The Morgan fingerprint density at radius 2 is 1.29 bits per heavy atom. The first kappa shape index (κ1) is 25.0. The number of esters is 2. The van der Waals surface area contributed by atoms with Gasteiger partial charge in [-0.1, -0.05) is 103 Å². The van der Waals surface area contributed by atoms with Gasteiger partial charge in [-0.25, -0.2) is 9.59 Å². The molecule has 0 N–H and O–H groups in total. The Hall–Kier alpha value is -4.70. The first-order chi connectivity index (χ1) is 18.6. The van der Waals surface area contributed by atoms with E-state index in [1.807, 2.05) is 84.9 Å². The van der Waals surface area contributed by atoms with Crippen molar-refractivity contribution in [3.8, 4) is 0 Å². The predicted octanol–water partition coefficient (Wildman–Crippen LogP) is 5.16. The van der Waals surface area contributed by atoms with Gasteiger partial charge in [0.2, 0.25) is 0 Å². The Morgan fingerprint density at radius 1 is 0.684 bits per heavy atom. The zero-order valence-corrected chi connectivity index (χ0v) is 21.4. The molecular formula is C34H28O4. The highest BCUT2D eigenvalue weighted by Gasteiger charge is 2.33. The number of allylic oxidation sites excluding steroid dienone is 5. The maximum Gasteiger partial charge on any atom is 0.339 e. The molecule has 0 saturated carbocycles. The van der Waals surface area contributed by atoms with E-state index in [0.717, 1.165) is 38.3 Å². The molecule has 2 aliphatic carbocycles. The fourth-order valence-electron chi connectivity index (χ4n) is 4.93. The van der Waals surface area contributed by atoms with E-state index in [9.17, 15) is 9.59 Å². The quantitative estimate of drug-likeness (QED) is 0.439. The normalized spacial score (nSPS) is 14.5. The lowest BCUT2D eigenvalue weighted by Gasteiger charge is -2.21. The molecule has 2 aliphatic rings. The van der Waals surface area contributed by atoms with Crippen molar-refractivity contribution in [2.24, 2.45) is 0 Å². The number of rotatable bonds is 6. The van der Waals surface area contributed by atoms with Crippen molar-refractivity contribution in [3.63, 3.8) is 0 Å². The number of hydrogen-bond donors (Lipinski definition) is 0. The van der Waals surface area contributed by atoms with Gasteiger partial charge in [-0.3, -0.25) is 0 Å². The molecule has 0 aromatic heterocycles. The third-order valence-corrected chi connectivity index (χ3v) is 6.51. The summed E-state index contributed by atoms with van der Waals surface area (Å²) < 4.78 is 11.1. The topological polar surface area (TPSA) is 52.6 Å². The second-order valence-electron chi connectivity index (χ2n) is 8.80. The molecule has 3 aromatic rings. The van der Waals surface area contributed by atoms with Crippen LogP contribution in [-0.2, 0) is 19.1 Å². The minimum Gasteiger partial charge on any atom is -0.462 e. The van der Waals surface area contributed by atoms with Crippen LogP contribution in [0, 0.1) is 0 Å². The molecular weight excluding hydrogens is 472 g/mol. The van der Waals surface area contributed by atoms with Crippen molar-refractivity contribution in [2.75, 3.05) is 13.2 Å². The molecule has 0 atom stereocenters. The Labute approximate surface area is 222 Å². The summed E-state index contributed by atoms with van der Waals surface area (Å²) in [6, 6.07) is 27.8. The third-order valence-electron chi connectivity index (χ3n) is 6.51. The van der Waals surface area contributed by atoms with Crippen molar-refractivity contribution in [1.82, 2.24) is 0 Å². The number of benzene rings is 3. The van der Waals surface area contributed by atoms with Crippen LogP contribution in [0.4, 0.5) is 0 Å². The summed E-state index contributed by atoms with van der Waals surface area (Å²) in [5, 5.41) is 1.73. The number of ether oxygens (including phenoxy) is 2. The van der Waals surface area contributed by atoms with Gasteiger partial charge >= 0.3 is 11.9 Å². The summed E-state index contributed by atoms with van der Waals surface area (Å²) in [4.78, 5) is 27.3. The molecule has 0 aliphatic heterocycles. The summed E-state index contributed by atoms with van der Waals surface area (Å²) in [7, 11) is 0. The van der Waals surface area contributed by atoms with E-state index in [1.165, 1.54) is 0 Å². The summed E-state index contributed by atoms with van der Waals surface area (Å²) in [5.74, 6) is -1.13. The van der Waals surface area contributed by atoms with Crippen LogP contribution in [0.2, 0.25) is 0 Å². The smallest absolute Gasteiger partial charge is 0.339 e. The molecule has 0 bridgehead atoms. The van der Waals surface area contributed by atoms with Crippen LogP contribution in [0.25, 0.3) is 22.8 Å². The lowest BCUT2D eigenvalue weighted by atomic mass is 9.82. The van der Waals surface area contributed by atoms with Gasteiger partial charge in [0.15, 0.2) is 0 Å². The zero-order valence-electron chi connectivity index (χ0n) is 21.4. The van der Waals surface area contributed by atoms with Gasteiger partial charge in [-0.05, 0) is 58.2 Å². The van der Waals surface area contributed by atoms with Crippen molar-refractivity contribution in [2.45, 2.75) is 13.8 Å². The predicted molar refractivity (Wildman–Crippen MR) is 151 cm³/mol. The van der Waals surface area contributed by atoms with Crippen LogP contribution in [0.15, 0.2) is 120 Å². The van der Waals surface area contributed by atoms with Crippen LogP contribution in [0.3, 0.4) is 0 Å². The molecule has 38 heavy (non-hydrogen) atoms. The highest BCUT2D eigenvalue weighted by molar-refractivity contribution is 6.21. The average molecular weight is 501 g/mol. The van der Waals surface area contributed by atoms with E-state index < -0.39 is 11.9 Å². The van der Waals surface area contributed by atoms with Gasteiger partial charge in [0.05, 0.1) is 24.4 Å². The van der Waals surface area contributed by atoms with Crippen LogP contribution < -0.4 is 10.4 Å². The molecule has 4 nitrogen and oxygen atoms in total. The zero-order chi connectivity index (χ0) is 26.5. The van der Waals surface area contributed by atoms with Gasteiger partial charge in [0.1, 0.15) is 0 Å². The monoisotopic (exact) mass is 500 g/mol. The largest absolute Gasteiger partial charge is 0.462 e. The second kappa shape index (κ2) is 11.1. The van der Waals surface area contributed by atoms with Gasteiger partial charge in [-0.15, -0.1) is 0 Å². The maximum atomic E-state index is 13.8. The van der Waals surface area contributed by atoms with E-state index in [2.05, 4.69) is 18.2 Å². The van der Waals surface area contributed by atoms with Crippen LogP contribution in [-0.4, -0.2) is 25.2 Å². The third kappa shape index (κ3) is 4.69. The molecule has 0 unspecified atom stereocenters. The number of carbonyl (C=O) groups is 2. The van der Waals surface area contributed by atoms with Gasteiger partial charge < -0.3 is 9.47 Å². The summed E-state index contributed by atoms with van der Waals surface area (Å²) >= 11 is 0. The number of fused-ring (bicyclic) bond motifs is 2. The van der Waals surface area contributed by atoms with E-state index in [0.29, 0.717) is 5.57 Å². The van der Waals surface area contributed by atoms with E-state index in [4.69, 9.17) is 9.47 Å². The first-order valence-corrected chi connectivity index (χ1v) is 12.8. The summed E-state index contributed by atoms with van der Waals surface area (Å²) in [6.45, 7) is 3.87. The molecule has 0 amide bonds. The van der Waals surface area contributed by atoms with Gasteiger partial charge in [-0.2, -0.15) is 0 Å². The van der Waals surface area contributed by atoms with Gasteiger partial charge in [0, 0.05) is 5.57 Å². The number of carbonyl (C=O) groups excluding carboxylic acids is 2. The van der Waals surface area contributed by atoms with E-state index >= 15 is 0 Å². The maximum absolute atomic E-state index is 13.8. The van der Waals surface area contributed by atoms with E-state index in [-0.39, 0.29) is 24.4 Å². The first-order valence-electron chi connectivity index (χ1n) is 12.8. The molecule has 0 fully saturated rings. The second-order valence-corrected chi connectivity index (χ2v) is 8.80. The molecule has 0 spiro atoms.